The van der Waals surface area contributed by atoms with Crippen molar-refractivity contribution in [2.75, 3.05) is 20.3 Å². The zero-order valence-electron chi connectivity index (χ0n) is 8.86. The van der Waals surface area contributed by atoms with Crippen LogP contribution in [0.2, 0.25) is 0 Å². The summed E-state index contributed by atoms with van der Waals surface area (Å²) in [6.45, 7) is 1.11. The van der Waals surface area contributed by atoms with Gasteiger partial charge in [-0.2, -0.15) is 0 Å². The molecule has 0 fully saturated rings. The Hall–Kier alpha value is -1.40. The first-order valence-electron chi connectivity index (χ1n) is 4.75. The van der Waals surface area contributed by atoms with Crippen molar-refractivity contribution in [1.29, 1.82) is 0 Å². The van der Waals surface area contributed by atoms with Crippen LogP contribution in [0.3, 0.4) is 0 Å². The van der Waals surface area contributed by atoms with E-state index < -0.39 is 5.97 Å². The Morgan fingerprint density at radius 3 is 2.69 bits per heavy atom. The molecule has 0 radical (unpaired) electrons. The Bertz CT molecular complexity index is 375. The highest BCUT2D eigenvalue weighted by atomic mass is 32.1. The normalized spacial score (nSPS) is 10.1. The molecule has 1 aromatic heterocycles. The molecule has 6 heteroatoms. The molecule has 1 aromatic rings. The second-order valence-corrected chi connectivity index (χ2v) is 4.16. The number of methoxy groups -OCH3 is 1. The fourth-order valence-electron chi connectivity index (χ4n) is 1.08. The molecule has 5 nitrogen and oxygen atoms in total. The third-order valence-corrected chi connectivity index (χ3v) is 2.92. The van der Waals surface area contributed by atoms with Crippen LogP contribution in [0.15, 0.2) is 12.1 Å². The number of ether oxygens (including phenoxy) is 1. The first-order chi connectivity index (χ1) is 7.65. The quantitative estimate of drug-likeness (QED) is 0.736. The lowest BCUT2D eigenvalue weighted by Crippen LogP contribution is -2.24. The van der Waals surface area contributed by atoms with Gasteiger partial charge in [0.15, 0.2) is 0 Å². The van der Waals surface area contributed by atoms with Gasteiger partial charge in [-0.15, -0.1) is 11.3 Å². The maximum Gasteiger partial charge on any atom is 0.345 e. The monoisotopic (exact) mass is 243 g/mol. The predicted molar refractivity (Wildman–Crippen MR) is 60.1 cm³/mol. The van der Waals surface area contributed by atoms with Crippen molar-refractivity contribution >= 4 is 23.2 Å². The van der Waals surface area contributed by atoms with Gasteiger partial charge in [0.1, 0.15) is 4.88 Å². The fraction of sp³-hybridized carbons (Fsp3) is 0.400. The van der Waals surface area contributed by atoms with Gasteiger partial charge in [0.25, 0.3) is 5.91 Å². The Balaban J connectivity index is 2.43. The summed E-state index contributed by atoms with van der Waals surface area (Å²) < 4.78 is 4.84. The second kappa shape index (κ2) is 6.24. The average molecular weight is 243 g/mol. The summed E-state index contributed by atoms with van der Waals surface area (Å²) >= 11 is 0.970. The number of carboxylic acid groups (broad SMARTS) is 1. The third kappa shape index (κ3) is 3.63. The minimum Gasteiger partial charge on any atom is -0.477 e. The van der Waals surface area contributed by atoms with E-state index in [-0.39, 0.29) is 10.8 Å². The summed E-state index contributed by atoms with van der Waals surface area (Å²) in [5, 5.41) is 11.4. The van der Waals surface area contributed by atoms with E-state index in [2.05, 4.69) is 5.32 Å². The summed E-state index contributed by atoms with van der Waals surface area (Å²) in [5.41, 5.74) is 0. The molecule has 1 heterocycles. The number of hydrogen-bond donors (Lipinski definition) is 2. The minimum atomic E-state index is -1.01. The summed E-state index contributed by atoms with van der Waals surface area (Å²) in [7, 11) is 1.60. The van der Waals surface area contributed by atoms with E-state index in [4.69, 9.17) is 9.84 Å². The van der Waals surface area contributed by atoms with E-state index in [1.165, 1.54) is 12.1 Å². The zero-order chi connectivity index (χ0) is 12.0. The summed E-state index contributed by atoms with van der Waals surface area (Å²) in [5.74, 6) is -1.25. The van der Waals surface area contributed by atoms with Crippen LogP contribution in [0.1, 0.15) is 25.8 Å². The maximum absolute atomic E-state index is 11.5. The summed E-state index contributed by atoms with van der Waals surface area (Å²) in [6, 6.07) is 2.94. The average Bonchev–Trinajstić information content (AvgIpc) is 2.73. The second-order valence-electron chi connectivity index (χ2n) is 3.07. The summed E-state index contributed by atoms with van der Waals surface area (Å²) in [6.07, 6.45) is 0.736. The molecule has 0 aliphatic carbocycles. The molecule has 0 saturated carbocycles. The van der Waals surface area contributed by atoms with Crippen molar-refractivity contribution in [3.05, 3.63) is 21.9 Å². The molecule has 0 unspecified atom stereocenters. The fourth-order valence-corrected chi connectivity index (χ4v) is 1.84. The lowest BCUT2D eigenvalue weighted by atomic mass is 10.4. The van der Waals surface area contributed by atoms with Gasteiger partial charge in [0.2, 0.25) is 0 Å². The van der Waals surface area contributed by atoms with Gasteiger partial charge >= 0.3 is 5.97 Å². The molecule has 0 aromatic carbocycles. The molecule has 16 heavy (non-hydrogen) atoms. The van der Waals surface area contributed by atoms with E-state index in [0.29, 0.717) is 18.0 Å². The number of nitrogens with one attached hydrogen (secondary N) is 1. The number of aromatic carboxylic acids is 1. The van der Waals surface area contributed by atoms with Crippen molar-refractivity contribution in [2.45, 2.75) is 6.42 Å². The third-order valence-electron chi connectivity index (χ3n) is 1.85. The molecule has 0 spiro atoms. The van der Waals surface area contributed by atoms with Crippen molar-refractivity contribution in [2.24, 2.45) is 0 Å². The number of hydrogen-bond acceptors (Lipinski definition) is 4. The van der Waals surface area contributed by atoms with Crippen LogP contribution in [0.4, 0.5) is 0 Å². The van der Waals surface area contributed by atoms with Crippen LogP contribution < -0.4 is 5.32 Å². The van der Waals surface area contributed by atoms with Gasteiger partial charge in [-0.3, -0.25) is 4.79 Å². The molecule has 1 rings (SSSR count). The van der Waals surface area contributed by atoms with Crippen molar-refractivity contribution < 1.29 is 19.4 Å². The van der Waals surface area contributed by atoms with E-state index in [0.717, 1.165) is 17.8 Å². The van der Waals surface area contributed by atoms with E-state index >= 15 is 0 Å². The van der Waals surface area contributed by atoms with Crippen LogP contribution in [-0.4, -0.2) is 37.2 Å². The van der Waals surface area contributed by atoms with Crippen LogP contribution >= 0.6 is 11.3 Å². The van der Waals surface area contributed by atoms with Gasteiger partial charge in [0.05, 0.1) is 4.88 Å². The van der Waals surface area contributed by atoms with Crippen molar-refractivity contribution in [1.82, 2.24) is 5.32 Å². The van der Waals surface area contributed by atoms with Crippen molar-refractivity contribution in [3.63, 3.8) is 0 Å². The Morgan fingerprint density at radius 1 is 1.44 bits per heavy atom. The van der Waals surface area contributed by atoms with Crippen LogP contribution in [0, 0.1) is 0 Å². The predicted octanol–water partition coefficient (Wildman–Crippen LogP) is 1.21. The van der Waals surface area contributed by atoms with Gasteiger partial charge in [-0.25, -0.2) is 4.79 Å². The highest BCUT2D eigenvalue weighted by Crippen LogP contribution is 2.15. The Morgan fingerprint density at radius 2 is 2.12 bits per heavy atom. The molecule has 88 valence electrons. The van der Waals surface area contributed by atoms with Crippen LogP contribution in [0.5, 0.6) is 0 Å². The van der Waals surface area contributed by atoms with E-state index in [9.17, 15) is 9.59 Å². The van der Waals surface area contributed by atoms with Gasteiger partial charge in [-0.05, 0) is 18.6 Å². The number of thiophene rings is 1. The largest absolute Gasteiger partial charge is 0.477 e. The number of carbonyl (C=O) groups is 2. The summed E-state index contributed by atoms with van der Waals surface area (Å²) in [4.78, 5) is 22.7. The van der Waals surface area contributed by atoms with Gasteiger partial charge in [0, 0.05) is 20.3 Å². The lowest BCUT2D eigenvalue weighted by Gasteiger charge is -2.02. The Kier molecular flexibility index (Phi) is 4.94. The molecule has 0 atom stereocenters. The molecule has 0 aliphatic heterocycles. The van der Waals surface area contributed by atoms with Crippen LogP contribution in [-0.2, 0) is 4.74 Å². The Labute approximate surface area is 97.0 Å². The van der Waals surface area contributed by atoms with E-state index in [1.807, 2.05) is 0 Å². The molecule has 0 bridgehead atoms. The zero-order valence-corrected chi connectivity index (χ0v) is 9.67. The highest BCUT2D eigenvalue weighted by molar-refractivity contribution is 7.15. The minimum absolute atomic E-state index is 0.169. The number of rotatable bonds is 6. The number of carboxylic acids is 1. The standard InChI is InChI=1S/C10H13NO4S/c1-15-6-2-5-11-9(12)7-3-4-8(16-7)10(13)14/h3-4H,2,5-6H2,1H3,(H,11,12)(H,13,14). The highest BCUT2D eigenvalue weighted by Gasteiger charge is 2.11. The van der Waals surface area contributed by atoms with Gasteiger partial charge < -0.3 is 15.2 Å². The molecular formula is C10H13NO4S. The molecule has 0 saturated heterocycles. The number of carbonyl (C=O) groups excluding carboxylic acids is 1. The van der Waals surface area contributed by atoms with Crippen LogP contribution in [0.25, 0.3) is 0 Å². The van der Waals surface area contributed by atoms with Gasteiger partial charge in [-0.1, -0.05) is 0 Å². The molecule has 1 amide bonds. The smallest absolute Gasteiger partial charge is 0.345 e. The number of amides is 1. The molecule has 0 aliphatic rings. The van der Waals surface area contributed by atoms with Crippen molar-refractivity contribution in [3.8, 4) is 0 Å². The molecule has 2 N–H and O–H groups in total. The molecular weight excluding hydrogens is 230 g/mol. The first kappa shape index (κ1) is 12.7. The topological polar surface area (TPSA) is 75.6 Å². The first-order valence-corrected chi connectivity index (χ1v) is 5.57. The SMILES string of the molecule is COCCCNC(=O)c1ccc(C(=O)O)s1. The lowest BCUT2D eigenvalue weighted by molar-refractivity contribution is 0.0702. The maximum atomic E-state index is 11.5. The van der Waals surface area contributed by atoms with E-state index in [1.54, 1.807) is 7.11 Å².